The monoisotopic (exact) mass is 259 g/mol. The lowest BCUT2D eigenvalue weighted by Crippen LogP contribution is -2.58. The molecule has 18 heavy (non-hydrogen) atoms. The Labute approximate surface area is 104 Å². The van der Waals surface area contributed by atoms with Crippen molar-refractivity contribution in [2.75, 3.05) is 6.54 Å². The van der Waals surface area contributed by atoms with Crippen LogP contribution in [0.1, 0.15) is 20.3 Å². The summed E-state index contributed by atoms with van der Waals surface area (Å²) in [5.74, 6) is -1.93. The Kier molecular flexibility index (Phi) is 3.80. The molecule has 0 spiro atoms. The van der Waals surface area contributed by atoms with Crippen molar-refractivity contribution >= 4 is 17.9 Å². The third-order valence-electron chi connectivity index (χ3n) is 2.86. The summed E-state index contributed by atoms with van der Waals surface area (Å²) in [6.07, 6.45) is -0.909. The molecule has 8 heteroatoms. The fraction of sp³-hybridized carbons (Fsp3) is 0.700. The summed E-state index contributed by atoms with van der Waals surface area (Å²) in [4.78, 5) is 34.9. The van der Waals surface area contributed by atoms with Crippen LogP contribution in [0.4, 0.5) is 4.79 Å². The molecular formula is C10H17N3O5. The first-order chi connectivity index (χ1) is 8.15. The quantitative estimate of drug-likeness (QED) is 0.488. The highest BCUT2D eigenvalue weighted by Gasteiger charge is 2.41. The maximum Gasteiger partial charge on any atom is 0.326 e. The van der Waals surface area contributed by atoms with Crippen LogP contribution in [0.5, 0.6) is 0 Å². The van der Waals surface area contributed by atoms with E-state index in [9.17, 15) is 19.5 Å². The lowest BCUT2D eigenvalue weighted by atomic mass is 10.1. The van der Waals surface area contributed by atoms with Gasteiger partial charge >= 0.3 is 12.0 Å². The molecule has 3 amide bonds. The van der Waals surface area contributed by atoms with E-state index in [-0.39, 0.29) is 13.0 Å². The number of amides is 3. The van der Waals surface area contributed by atoms with Crippen molar-refractivity contribution in [1.82, 2.24) is 10.2 Å². The second kappa shape index (κ2) is 4.81. The maximum absolute atomic E-state index is 11.9. The molecule has 1 fully saturated rings. The number of hydrogen-bond donors (Lipinski definition) is 4. The number of carboxylic acids is 1. The van der Waals surface area contributed by atoms with Crippen LogP contribution in [0.2, 0.25) is 0 Å². The molecule has 1 heterocycles. The van der Waals surface area contributed by atoms with Gasteiger partial charge in [0.25, 0.3) is 0 Å². The van der Waals surface area contributed by atoms with Gasteiger partial charge in [0.05, 0.1) is 6.10 Å². The Bertz CT molecular complexity index is 382. The Balaban J connectivity index is 2.78. The number of nitrogens with zero attached hydrogens (tertiary/aromatic N) is 1. The molecule has 0 aliphatic carbocycles. The zero-order valence-corrected chi connectivity index (χ0v) is 10.2. The molecular weight excluding hydrogens is 242 g/mol. The van der Waals surface area contributed by atoms with Crippen LogP contribution in [-0.2, 0) is 9.59 Å². The third-order valence-corrected chi connectivity index (χ3v) is 2.86. The van der Waals surface area contributed by atoms with Gasteiger partial charge in [-0.3, -0.25) is 4.79 Å². The summed E-state index contributed by atoms with van der Waals surface area (Å²) >= 11 is 0. The fourth-order valence-electron chi connectivity index (χ4n) is 1.67. The highest BCUT2D eigenvalue weighted by atomic mass is 16.4. The van der Waals surface area contributed by atoms with Gasteiger partial charge in [0.2, 0.25) is 5.91 Å². The number of likely N-dealkylation sites (tertiary alicyclic amines) is 1. The van der Waals surface area contributed by atoms with Crippen LogP contribution in [0, 0.1) is 0 Å². The number of aliphatic hydroxyl groups is 1. The molecule has 8 nitrogen and oxygen atoms in total. The van der Waals surface area contributed by atoms with E-state index in [2.05, 4.69) is 5.32 Å². The van der Waals surface area contributed by atoms with Gasteiger partial charge in [-0.05, 0) is 13.8 Å². The minimum absolute atomic E-state index is 0.0280. The number of rotatable bonds is 3. The van der Waals surface area contributed by atoms with Crippen LogP contribution in [0.15, 0.2) is 0 Å². The molecule has 1 saturated heterocycles. The molecule has 1 aliphatic rings. The van der Waals surface area contributed by atoms with Gasteiger partial charge < -0.3 is 26.2 Å². The lowest BCUT2D eigenvalue weighted by Gasteiger charge is -2.28. The molecule has 0 saturated carbocycles. The highest BCUT2D eigenvalue weighted by molar-refractivity contribution is 5.90. The van der Waals surface area contributed by atoms with Crippen molar-refractivity contribution < 1.29 is 24.6 Å². The number of carbonyl (C=O) groups excluding carboxylic acids is 2. The average molecular weight is 259 g/mol. The largest absolute Gasteiger partial charge is 0.480 e. The average Bonchev–Trinajstić information content (AvgIpc) is 2.59. The topological polar surface area (TPSA) is 133 Å². The minimum atomic E-state index is -1.28. The van der Waals surface area contributed by atoms with Gasteiger partial charge in [-0.1, -0.05) is 0 Å². The summed E-state index contributed by atoms with van der Waals surface area (Å²) in [6, 6.07) is -1.83. The van der Waals surface area contributed by atoms with E-state index in [1.54, 1.807) is 0 Å². The number of nitrogens with two attached hydrogens (primary N) is 1. The van der Waals surface area contributed by atoms with E-state index in [0.717, 1.165) is 4.90 Å². The standard InChI is InChI=1S/C10H17N3O5/c1-10(2,8(11)17)12-9(18)13-4-5(14)3-6(13)7(15)16/h5-6,14H,3-4H2,1-2H3,(H2,11,17)(H,12,18)(H,15,16). The van der Waals surface area contributed by atoms with E-state index >= 15 is 0 Å². The number of aliphatic carboxylic acids is 1. The zero-order chi connectivity index (χ0) is 14.1. The Morgan fingerprint density at radius 3 is 2.39 bits per heavy atom. The first-order valence-electron chi connectivity index (χ1n) is 5.44. The summed E-state index contributed by atoms with van der Waals surface area (Å²) in [7, 11) is 0. The first-order valence-corrected chi connectivity index (χ1v) is 5.44. The Hall–Kier alpha value is -1.83. The van der Waals surface area contributed by atoms with Gasteiger partial charge in [0, 0.05) is 13.0 Å². The smallest absolute Gasteiger partial charge is 0.326 e. The number of urea groups is 1. The number of hydrogen-bond acceptors (Lipinski definition) is 4. The van der Waals surface area contributed by atoms with Gasteiger partial charge in [0.1, 0.15) is 11.6 Å². The van der Waals surface area contributed by atoms with Crippen molar-refractivity contribution in [2.45, 2.75) is 38.0 Å². The van der Waals surface area contributed by atoms with Crippen molar-refractivity contribution in [3.8, 4) is 0 Å². The second-order valence-corrected chi connectivity index (χ2v) is 4.82. The van der Waals surface area contributed by atoms with Crippen LogP contribution >= 0.6 is 0 Å². The second-order valence-electron chi connectivity index (χ2n) is 4.82. The first kappa shape index (κ1) is 14.2. The van der Waals surface area contributed by atoms with Crippen molar-refractivity contribution in [3.63, 3.8) is 0 Å². The van der Waals surface area contributed by atoms with E-state index in [4.69, 9.17) is 10.8 Å². The Morgan fingerprint density at radius 1 is 1.39 bits per heavy atom. The van der Waals surface area contributed by atoms with Crippen molar-refractivity contribution in [3.05, 3.63) is 0 Å². The van der Waals surface area contributed by atoms with E-state index in [1.165, 1.54) is 13.8 Å². The summed E-state index contributed by atoms with van der Waals surface area (Å²) < 4.78 is 0. The molecule has 0 bridgehead atoms. The predicted molar refractivity (Wildman–Crippen MR) is 60.6 cm³/mol. The number of β-amino-alcohol motifs (C(OH)–C–C–N with tert-alkyl or cyclic N) is 1. The summed E-state index contributed by atoms with van der Waals surface area (Å²) in [5, 5.41) is 20.7. The van der Waals surface area contributed by atoms with E-state index in [1.807, 2.05) is 0 Å². The molecule has 1 rings (SSSR count). The van der Waals surface area contributed by atoms with Crippen molar-refractivity contribution in [2.24, 2.45) is 5.73 Å². The molecule has 2 atom stereocenters. The van der Waals surface area contributed by atoms with Gasteiger partial charge in [-0.15, -0.1) is 0 Å². The normalized spacial score (nSPS) is 23.8. The highest BCUT2D eigenvalue weighted by Crippen LogP contribution is 2.19. The minimum Gasteiger partial charge on any atom is -0.480 e. The van der Waals surface area contributed by atoms with E-state index in [0.29, 0.717) is 0 Å². The molecule has 0 aromatic heterocycles. The number of aliphatic hydroxyl groups excluding tert-OH is 1. The zero-order valence-electron chi connectivity index (χ0n) is 10.2. The molecule has 2 unspecified atom stereocenters. The number of nitrogens with one attached hydrogen (secondary N) is 1. The maximum atomic E-state index is 11.9. The van der Waals surface area contributed by atoms with Crippen LogP contribution in [-0.4, -0.2) is 57.3 Å². The van der Waals surface area contributed by atoms with Crippen LogP contribution in [0.25, 0.3) is 0 Å². The SMILES string of the molecule is CC(C)(NC(=O)N1CC(O)CC1C(=O)O)C(N)=O. The molecule has 5 N–H and O–H groups in total. The lowest BCUT2D eigenvalue weighted by molar-refractivity contribution is -0.141. The Morgan fingerprint density at radius 2 is 1.94 bits per heavy atom. The number of carboxylic acid groups (broad SMARTS) is 1. The van der Waals surface area contributed by atoms with E-state index < -0.39 is 35.6 Å². The molecule has 1 aliphatic heterocycles. The molecule has 0 radical (unpaired) electrons. The summed E-state index contributed by atoms with van der Waals surface area (Å²) in [6.45, 7) is 2.74. The molecule has 0 aromatic carbocycles. The molecule has 0 aromatic rings. The number of primary amides is 1. The molecule has 102 valence electrons. The van der Waals surface area contributed by atoms with Crippen LogP contribution in [0.3, 0.4) is 0 Å². The van der Waals surface area contributed by atoms with Gasteiger partial charge in [0.15, 0.2) is 0 Å². The van der Waals surface area contributed by atoms with Gasteiger partial charge in [-0.25, -0.2) is 9.59 Å². The predicted octanol–water partition coefficient (Wildman–Crippen LogP) is -1.52. The van der Waals surface area contributed by atoms with Gasteiger partial charge in [-0.2, -0.15) is 0 Å². The van der Waals surface area contributed by atoms with Crippen molar-refractivity contribution in [1.29, 1.82) is 0 Å². The fourth-order valence-corrected chi connectivity index (χ4v) is 1.67. The van der Waals surface area contributed by atoms with Crippen LogP contribution < -0.4 is 11.1 Å². The number of carbonyl (C=O) groups is 3. The summed E-state index contributed by atoms with van der Waals surface area (Å²) in [5.41, 5.74) is 3.82. The third kappa shape index (κ3) is 2.89.